The molecule has 0 aliphatic carbocycles. The third-order valence-electron chi connectivity index (χ3n) is 4.77. The van der Waals surface area contributed by atoms with Gasteiger partial charge in [-0.05, 0) is 25.7 Å². The predicted molar refractivity (Wildman–Crippen MR) is 113 cm³/mol. The molecule has 1 N–H and O–H groups in total. The number of aromatic nitrogens is 1. The number of carbonyl (C=O) groups excluding carboxylic acids is 2. The minimum Gasteiger partial charge on any atom is -0.351 e. The molecule has 0 radical (unpaired) electrons. The van der Waals surface area contributed by atoms with E-state index < -0.39 is 0 Å². The second-order valence-electron chi connectivity index (χ2n) is 7.10. The third kappa shape index (κ3) is 8.41. The normalized spacial score (nSPS) is 12.0. The Balaban J connectivity index is 2.75. The molecule has 27 heavy (non-hydrogen) atoms. The van der Waals surface area contributed by atoms with Crippen LogP contribution >= 0.6 is 11.3 Å². The summed E-state index contributed by atoms with van der Waals surface area (Å²) in [6.45, 7) is 10.4. The molecule has 0 bridgehead atoms. The molecule has 1 aromatic heterocycles. The maximum absolute atomic E-state index is 13.0. The van der Waals surface area contributed by atoms with Gasteiger partial charge in [-0.2, -0.15) is 0 Å². The second-order valence-corrected chi connectivity index (χ2v) is 8.04. The Morgan fingerprint density at radius 2 is 1.81 bits per heavy atom. The van der Waals surface area contributed by atoms with Crippen molar-refractivity contribution in [3.63, 3.8) is 0 Å². The van der Waals surface area contributed by atoms with Crippen molar-refractivity contribution < 1.29 is 9.59 Å². The Labute approximate surface area is 168 Å². The molecule has 1 rings (SSSR count). The molecule has 0 aliphatic heterocycles. The summed E-state index contributed by atoms with van der Waals surface area (Å²) in [7, 11) is 0. The van der Waals surface area contributed by atoms with Crippen LogP contribution in [0.25, 0.3) is 0 Å². The maximum atomic E-state index is 13.0. The van der Waals surface area contributed by atoms with Crippen molar-refractivity contribution in [2.75, 3.05) is 13.1 Å². The summed E-state index contributed by atoms with van der Waals surface area (Å²) < 4.78 is 0. The van der Waals surface area contributed by atoms with Crippen molar-refractivity contribution in [2.45, 2.75) is 85.6 Å². The Bertz CT molecular complexity index is 559. The molecule has 0 aliphatic rings. The number of nitrogens with one attached hydrogen (secondary N) is 1. The Kier molecular flexibility index (Phi) is 12.0. The standard InChI is InChI=1S/C21H37N3O2S/c1-5-9-12-17(8-4)21(26)24(14-11-7-3)15-19-23-18(16-27-19)20(25)22-13-10-6-2/h16-17H,5-15H2,1-4H3,(H,22,25)/t17-/m1/s1. The topological polar surface area (TPSA) is 62.3 Å². The van der Waals surface area contributed by atoms with Gasteiger partial charge in [0.2, 0.25) is 5.91 Å². The molecule has 0 aromatic carbocycles. The van der Waals surface area contributed by atoms with Gasteiger partial charge in [0, 0.05) is 24.4 Å². The molecule has 1 heterocycles. The van der Waals surface area contributed by atoms with E-state index in [4.69, 9.17) is 0 Å². The van der Waals surface area contributed by atoms with Gasteiger partial charge in [-0.15, -0.1) is 11.3 Å². The molecule has 5 nitrogen and oxygen atoms in total. The van der Waals surface area contributed by atoms with Crippen LogP contribution in [0.3, 0.4) is 0 Å². The highest BCUT2D eigenvalue weighted by Crippen LogP contribution is 2.20. The van der Waals surface area contributed by atoms with Crippen LogP contribution in [0.2, 0.25) is 0 Å². The zero-order valence-electron chi connectivity index (χ0n) is 17.6. The average molecular weight is 396 g/mol. The lowest BCUT2D eigenvalue weighted by molar-refractivity contribution is -0.136. The van der Waals surface area contributed by atoms with Gasteiger partial charge in [-0.3, -0.25) is 9.59 Å². The maximum Gasteiger partial charge on any atom is 0.270 e. The first-order chi connectivity index (χ1) is 13.1. The van der Waals surface area contributed by atoms with Crippen LogP contribution in [0.5, 0.6) is 0 Å². The molecule has 1 atom stereocenters. The molecule has 1 aromatic rings. The molecule has 0 saturated carbocycles. The van der Waals surface area contributed by atoms with Crippen molar-refractivity contribution in [2.24, 2.45) is 5.92 Å². The SMILES string of the molecule is CCCCNC(=O)c1csc(CN(CCCC)C(=O)[C@H](CC)CCCC)n1. The lowest BCUT2D eigenvalue weighted by atomic mass is 9.97. The molecular weight excluding hydrogens is 358 g/mol. The van der Waals surface area contributed by atoms with Crippen LogP contribution in [0.15, 0.2) is 5.38 Å². The molecule has 0 fully saturated rings. The Morgan fingerprint density at radius 1 is 1.11 bits per heavy atom. The van der Waals surface area contributed by atoms with E-state index in [1.54, 1.807) is 5.38 Å². The summed E-state index contributed by atoms with van der Waals surface area (Å²) in [6, 6.07) is 0. The minimum atomic E-state index is -0.119. The van der Waals surface area contributed by atoms with Gasteiger partial charge >= 0.3 is 0 Å². The lowest BCUT2D eigenvalue weighted by Gasteiger charge is -2.26. The highest BCUT2D eigenvalue weighted by Gasteiger charge is 2.23. The number of unbranched alkanes of at least 4 members (excludes halogenated alkanes) is 3. The zero-order valence-corrected chi connectivity index (χ0v) is 18.4. The molecule has 154 valence electrons. The number of hydrogen-bond donors (Lipinski definition) is 1. The van der Waals surface area contributed by atoms with Crippen molar-refractivity contribution in [1.29, 1.82) is 0 Å². The largest absolute Gasteiger partial charge is 0.351 e. The van der Waals surface area contributed by atoms with Gasteiger partial charge in [-0.25, -0.2) is 4.98 Å². The number of carbonyl (C=O) groups is 2. The van der Waals surface area contributed by atoms with Crippen molar-refractivity contribution in [1.82, 2.24) is 15.2 Å². The fourth-order valence-electron chi connectivity index (χ4n) is 2.95. The van der Waals surface area contributed by atoms with E-state index in [0.29, 0.717) is 18.8 Å². The van der Waals surface area contributed by atoms with Crippen molar-refractivity contribution >= 4 is 23.2 Å². The Hall–Kier alpha value is -1.43. The average Bonchev–Trinajstić information content (AvgIpc) is 3.14. The molecule has 0 saturated heterocycles. The van der Waals surface area contributed by atoms with E-state index in [2.05, 4.69) is 38.0 Å². The Morgan fingerprint density at radius 3 is 2.44 bits per heavy atom. The van der Waals surface area contributed by atoms with Crippen molar-refractivity contribution in [3.05, 3.63) is 16.1 Å². The summed E-state index contributed by atoms with van der Waals surface area (Å²) >= 11 is 1.47. The van der Waals surface area contributed by atoms with Gasteiger partial charge < -0.3 is 10.2 Å². The van der Waals surface area contributed by atoms with Gasteiger partial charge in [0.25, 0.3) is 5.91 Å². The van der Waals surface area contributed by atoms with Gasteiger partial charge in [0.15, 0.2) is 0 Å². The quantitative estimate of drug-likeness (QED) is 0.450. The van der Waals surface area contributed by atoms with Crippen LogP contribution in [-0.2, 0) is 11.3 Å². The van der Waals surface area contributed by atoms with Crippen LogP contribution in [0.1, 0.15) is 94.6 Å². The highest BCUT2D eigenvalue weighted by atomic mass is 32.1. The van der Waals surface area contributed by atoms with E-state index in [1.807, 2.05) is 4.90 Å². The predicted octanol–water partition coefficient (Wildman–Crippen LogP) is 5.02. The summed E-state index contributed by atoms with van der Waals surface area (Å²) in [6.07, 6.45) is 8.10. The van der Waals surface area contributed by atoms with Crippen LogP contribution in [-0.4, -0.2) is 34.8 Å². The first-order valence-corrected chi connectivity index (χ1v) is 11.5. The third-order valence-corrected chi connectivity index (χ3v) is 5.60. The van der Waals surface area contributed by atoms with Crippen LogP contribution in [0.4, 0.5) is 0 Å². The smallest absolute Gasteiger partial charge is 0.270 e. The first kappa shape index (κ1) is 23.6. The van der Waals surface area contributed by atoms with E-state index >= 15 is 0 Å². The molecule has 0 unspecified atom stereocenters. The summed E-state index contributed by atoms with van der Waals surface area (Å²) in [5.74, 6) is 0.217. The summed E-state index contributed by atoms with van der Waals surface area (Å²) in [5, 5.41) is 5.54. The molecule has 0 spiro atoms. The molecule has 6 heteroatoms. The number of rotatable bonds is 14. The van der Waals surface area contributed by atoms with Gasteiger partial charge in [-0.1, -0.05) is 53.4 Å². The lowest BCUT2D eigenvalue weighted by Crippen LogP contribution is -2.36. The fourth-order valence-corrected chi connectivity index (χ4v) is 3.74. The van der Waals surface area contributed by atoms with Crippen LogP contribution < -0.4 is 5.32 Å². The van der Waals surface area contributed by atoms with Crippen molar-refractivity contribution in [3.8, 4) is 0 Å². The van der Waals surface area contributed by atoms with E-state index in [9.17, 15) is 9.59 Å². The summed E-state index contributed by atoms with van der Waals surface area (Å²) in [5.41, 5.74) is 0.465. The second kappa shape index (κ2) is 13.7. The van der Waals surface area contributed by atoms with E-state index in [1.165, 1.54) is 11.3 Å². The molecular formula is C21H37N3O2S. The first-order valence-electron chi connectivity index (χ1n) is 10.6. The van der Waals surface area contributed by atoms with Gasteiger partial charge in [0.1, 0.15) is 10.7 Å². The minimum absolute atomic E-state index is 0.0959. The fraction of sp³-hybridized carbons (Fsp3) is 0.762. The number of amides is 2. The molecule has 2 amide bonds. The number of nitrogens with zero attached hydrogens (tertiary/aromatic N) is 2. The number of thiazole rings is 1. The van der Waals surface area contributed by atoms with E-state index in [-0.39, 0.29) is 17.7 Å². The zero-order chi connectivity index (χ0) is 20.1. The van der Waals surface area contributed by atoms with Crippen LogP contribution in [0, 0.1) is 5.92 Å². The monoisotopic (exact) mass is 395 g/mol. The highest BCUT2D eigenvalue weighted by molar-refractivity contribution is 7.09. The summed E-state index contributed by atoms with van der Waals surface area (Å²) in [4.78, 5) is 31.6. The van der Waals surface area contributed by atoms with Gasteiger partial charge in [0.05, 0.1) is 6.54 Å². The number of hydrogen-bond acceptors (Lipinski definition) is 4. The van der Waals surface area contributed by atoms with E-state index in [0.717, 1.165) is 62.9 Å².